The number of allylic oxidation sites excluding steroid dienone is 2. The van der Waals surface area contributed by atoms with Crippen molar-refractivity contribution in [1.82, 2.24) is 20.4 Å². The molecule has 3 aromatic rings. The molecule has 1 aromatic carbocycles. The lowest BCUT2D eigenvalue weighted by Crippen LogP contribution is -2.07. The molecule has 1 unspecified atom stereocenters. The number of hydrogen-bond donors (Lipinski definition) is 1. The first kappa shape index (κ1) is 24.4. The van der Waals surface area contributed by atoms with Crippen molar-refractivity contribution in [3.63, 3.8) is 0 Å². The summed E-state index contributed by atoms with van der Waals surface area (Å²) in [5.74, 6) is -1.16. The van der Waals surface area contributed by atoms with Crippen LogP contribution in [0, 0.1) is 17.6 Å². The van der Waals surface area contributed by atoms with Crippen molar-refractivity contribution in [3.8, 4) is 11.3 Å². The SMILES string of the molecule is C=C(C)c1cc(CCCCC2C=NC(c3cc(-c4nn[nH]c4C(F)(F)F)ccn3)=C2)c(F)cc1F. The number of rotatable bonds is 8. The van der Waals surface area contributed by atoms with Crippen molar-refractivity contribution in [2.45, 2.75) is 38.8 Å². The Bertz CT molecular complexity index is 1310. The van der Waals surface area contributed by atoms with Crippen molar-refractivity contribution >= 4 is 17.5 Å². The number of aliphatic imine (C=N–C) groups is 1. The van der Waals surface area contributed by atoms with E-state index in [1.807, 2.05) is 11.2 Å². The molecule has 182 valence electrons. The van der Waals surface area contributed by atoms with E-state index in [2.05, 4.69) is 26.9 Å². The van der Waals surface area contributed by atoms with Crippen LogP contribution in [0.3, 0.4) is 0 Å². The van der Waals surface area contributed by atoms with Gasteiger partial charge in [0.25, 0.3) is 0 Å². The number of alkyl halides is 3. The molecule has 10 heteroatoms. The Hall–Kier alpha value is -3.69. The van der Waals surface area contributed by atoms with Gasteiger partial charge in [-0.05, 0) is 61.6 Å². The fourth-order valence-corrected chi connectivity index (χ4v) is 3.93. The van der Waals surface area contributed by atoms with E-state index in [4.69, 9.17) is 0 Å². The number of H-pyrrole nitrogens is 1. The van der Waals surface area contributed by atoms with Crippen LogP contribution < -0.4 is 0 Å². The third kappa shape index (κ3) is 5.52. The van der Waals surface area contributed by atoms with Crippen molar-refractivity contribution < 1.29 is 22.0 Å². The van der Waals surface area contributed by atoms with Gasteiger partial charge in [-0.3, -0.25) is 15.1 Å². The minimum absolute atomic E-state index is 0.0253. The van der Waals surface area contributed by atoms with Crippen LogP contribution in [-0.4, -0.2) is 26.6 Å². The lowest BCUT2D eigenvalue weighted by atomic mass is 9.98. The molecule has 1 aliphatic heterocycles. The van der Waals surface area contributed by atoms with Crippen LogP contribution >= 0.6 is 0 Å². The van der Waals surface area contributed by atoms with Gasteiger partial charge in [-0.15, -0.1) is 5.10 Å². The average Bonchev–Trinajstić information content (AvgIpc) is 3.48. The highest BCUT2D eigenvalue weighted by molar-refractivity contribution is 5.83. The first-order valence-corrected chi connectivity index (χ1v) is 11.0. The van der Waals surface area contributed by atoms with Gasteiger partial charge in [0, 0.05) is 35.5 Å². The second-order valence-electron chi connectivity index (χ2n) is 8.41. The third-order valence-corrected chi connectivity index (χ3v) is 5.73. The molecule has 0 bridgehead atoms. The molecule has 0 saturated carbocycles. The summed E-state index contributed by atoms with van der Waals surface area (Å²) in [6.45, 7) is 5.40. The molecule has 1 aliphatic rings. The van der Waals surface area contributed by atoms with Gasteiger partial charge in [-0.1, -0.05) is 18.2 Å². The first-order valence-electron chi connectivity index (χ1n) is 11.0. The predicted octanol–water partition coefficient (Wildman–Crippen LogP) is 6.65. The molecule has 1 N–H and O–H groups in total. The Morgan fingerprint density at radius 2 is 1.91 bits per heavy atom. The molecule has 0 saturated heterocycles. The van der Waals surface area contributed by atoms with Gasteiger partial charge in [0.1, 0.15) is 17.3 Å². The number of nitrogens with one attached hydrogen (secondary N) is 1. The Morgan fingerprint density at radius 3 is 2.66 bits per heavy atom. The van der Waals surface area contributed by atoms with Crippen LogP contribution in [0.15, 0.2) is 48.1 Å². The molecule has 0 spiro atoms. The topological polar surface area (TPSA) is 66.8 Å². The number of pyridine rings is 1. The van der Waals surface area contributed by atoms with Gasteiger partial charge in [0.05, 0.1) is 11.4 Å². The normalized spacial score (nSPS) is 15.5. The van der Waals surface area contributed by atoms with Crippen molar-refractivity contribution in [3.05, 3.63) is 77.3 Å². The van der Waals surface area contributed by atoms with Crippen LogP contribution in [0.4, 0.5) is 22.0 Å². The van der Waals surface area contributed by atoms with E-state index in [0.29, 0.717) is 40.9 Å². The van der Waals surface area contributed by atoms with Crippen LogP contribution in [0.5, 0.6) is 0 Å². The number of unbranched alkanes of at least 4 members (excludes halogenated alkanes) is 1. The predicted molar refractivity (Wildman–Crippen MR) is 123 cm³/mol. The zero-order valence-corrected chi connectivity index (χ0v) is 18.8. The average molecular weight is 487 g/mol. The molecular weight excluding hydrogens is 465 g/mol. The molecule has 0 fully saturated rings. The van der Waals surface area contributed by atoms with E-state index in [9.17, 15) is 22.0 Å². The standard InChI is InChI=1S/C25H22F5N5/c1-14(2)18-10-16(19(26)12-20(18)27)6-4-3-5-15-9-21(32-13-15)22-11-17(7-8-31-22)23-24(25(28,29)30)34-35-33-23/h7-13,15H,1,3-6H2,2H3,(H,33,34,35). The molecule has 0 aliphatic carbocycles. The number of hydrogen-bond acceptors (Lipinski definition) is 4. The molecule has 4 rings (SSSR count). The molecule has 5 nitrogen and oxygen atoms in total. The molecule has 1 atom stereocenters. The van der Waals surface area contributed by atoms with E-state index in [-0.39, 0.29) is 17.2 Å². The van der Waals surface area contributed by atoms with E-state index in [0.717, 1.165) is 18.9 Å². The highest BCUT2D eigenvalue weighted by Gasteiger charge is 2.37. The minimum Gasteiger partial charge on any atom is -0.259 e. The summed E-state index contributed by atoms with van der Waals surface area (Å²) in [5, 5.41) is 8.76. The summed E-state index contributed by atoms with van der Waals surface area (Å²) in [6, 6.07) is 5.34. The largest absolute Gasteiger partial charge is 0.435 e. The fourth-order valence-electron chi connectivity index (χ4n) is 3.93. The van der Waals surface area contributed by atoms with Gasteiger partial charge in [0.2, 0.25) is 0 Å². The highest BCUT2D eigenvalue weighted by atomic mass is 19.4. The molecule has 35 heavy (non-hydrogen) atoms. The van der Waals surface area contributed by atoms with Gasteiger partial charge in [-0.25, -0.2) is 8.78 Å². The summed E-state index contributed by atoms with van der Waals surface area (Å²) in [6.07, 6.45) is 3.16. The Labute approximate surface area is 198 Å². The maximum Gasteiger partial charge on any atom is 0.435 e. The zero-order chi connectivity index (χ0) is 25.2. The summed E-state index contributed by atoms with van der Waals surface area (Å²) in [5.41, 5.74) is 1.20. The number of nitrogens with zero attached hydrogens (tertiary/aromatic N) is 4. The number of aryl methyl sites for hydroxylation is 1. The summed E-state index contributed by atoms with van der Waals surface area (Å²) >= 11 is 0. The molecule has 2 aromatic heterocycles. The lowest BCUT2D eigenvalue weighted by Gasteiger charge is -2.09. The molecule has 0 amide bonds. The third-order valence-electron chi connectivity index (χ3n) is 5.73. The van der Waals surface area contributed by atoms with E-state index in [1.165, 1.54) is 24.4 Å². The van der Waals surface area contributed by atoms with E-state index >= 15 is 0 Å². The minimum atomic E-state index is -4.61. The summed E-state index contributed by atoms with van der Waals surface area (Å²) < 4.78 is 67.5. The van der Waals surface area contributed by atoms with Crippen LogP contribution in [-0.2, 0) is 12.6 Å². The van der Waals surface area contributed by atoms with Crippen LogP contribution in [0.1, 0.15) is 48.7 Å². The monoisotopic (exact) mass is 487 g/mol. The maximum absolute atomic E-state index is 14.1. The number of aromatic amines is 1. The van der Waals surface area contributed by atoms with Gasteiger partial charge in [-0.2, -0.15) is 13.2 Å². The van der Waals surface area contributed by atoms with Crippen molar-refractivity contribution in [2.24, 2.45) is 10.9 Å². The van der Waals surface area contributed by atoms with Gasteiger partial charge in [0.15, 0.2) is 5.69 Å². The quantitative estimate of drug-likeness (QED) is 0.286. The summed E-state index contributed by atoms with van der Waals surface area (Å²) in [7, 11) is 0. The Kier molecular flexibility index (Phi) is 6.90. The van der Waals surface area contributed by atoms with E-state index in [1.54, 1.807) is 13.1 Å². The molecule has 0 radical (unpaired) electrons. The molecule has 3 heterocycles. The maximum atomic E-state index is 14.1. The Balaban J connectivity index is 1.38. The second-order valence-corrected chi connectivity index (χ2v) is 8.41. The van der Waals surface area contributed by atoms with Gasteiger partial charge < -0.3 is 0 Å². The molecular formula is C25H22F5N5. The van der Waals surface area contributed by atoms with Crippen molar-refractivity contribution in [2.75, 3.05) is 0 Å². The zero-order valence-electron chi connectivity index (χ0n) is 18.8. The first-order chi connectivity index (χ1) is 16.6. The van der Waals surface area contributed by atoms with Crippen LogP contribution in [0.2, 0.25) is 0 Å². The number of benzene rings is 1. The second kappa shape index (κ2) is 9.89. The van der Waals surface area contributed by atoms with Crippen LogP contribution in [0.25, 0.3) is 22.5 Å². The Morgan fingerprint density at radius 1 is 1.11 bits per heavy atom. The smallest absolute Gasteiger partial charge is 0.259 e. The van der Waals surface area contributed by atoms with E-state index < -0.39 is 23.5 Å². The summed E-state index contributed by atoms with van der Waals surface area (Å²) in [4.78, 5) is 8.60. The van der Waals surface area contributed by atoms with Crippen molar-refractivity contribution in [1.29, 1.82) is 0 Å². The fraction of sp³-hybridized carbons (Fsp3) is 0.280. The van der Waals surface area contributed by atoms with Gasteiger partial charge >= 0.3 is 6.18 Å². The number of halogens is 5. The lowest BCUT2D eigenvalue weighted by molar-refractivity contribution is -0.140. The highest BCUT2D eigenvalue weighted by Crippen LogP contribution is 2.35. The number of aromatic nitrogens is 4.